The number of carbonyl (C=O) groups excluding carboxylic acids is 1. The van der Waals surface area contributed by atoms with E-state index in [1.54, 1.807) is 0 Å². The first kappa shape index (κ1) is 15.8. The van der Waals surface area contributed by atoms with Crippen LogP contribution in [0.15, 0.2) is 36.4 Å². The zero-order chi connectivity index (χ0) is 15.6. The first-order valence-electron chi connectivity index (χ1n) is 5.79. The lowest BCUT2D eigenvalue weighted by molar-refractivity contribution is 0.102. The van der Waals surface area contributed by atoms with Crippen molar-refractivity contribution in [3.63, 3.8) is 0 Å². The van der Waals surface area contributed by atoms with Gasteiger partial charge in [-0.25, -0.2) is 4.39 Å². The van der Waals surface area contributed by atoms with Gasteiger partial charge in [-0.05, 0) is 41.9 Å². The number of nitrogens with one attached hydrogen (secondary N) is 1. The summed E-state index contributed by atoms with van der Waals surface area (Å²) in [5, 5.41) is 21.2. The third kappa shape index (κ3) is 4.18. The van der Waals surface area contributed by atoms with Gasteiger partial charge in [0.1, 0.15) is 5.82 Å². The Morgan fingerprint density at radius 3 is 2.24 bits per heavy atom. The average Bonchev–Trinajstić information content (AvgIpc) is 2.36. The van der Waals surface area contributed by atoms with Crippen molar-refractivity contribution < 1.29 is 19.2 Å². The Balaban J connectivity index is 2.28. The standard InChI is InChI=1S/C13H9BCl2FNO3/c15-9-4-10(16)6-12(5-9)18-13(19)7-1-8(14(20)21)3-11(17)2-7/h1-6,20-21H,(H,18,19). The number of rotatable bonds is 3. The fraction of sp³-hybridized carbons (Fsp3) is 0. The van der Waals surface area contributed by atoms with Crippen molar-refractivity contribution in [2.24, 2.45) is 0 Å². The van der Waals surface area contributed by atoms with E-state index in [1.165, 1.54) is 24.3 Å². The van der Waals surface area contributed by atoms with Crippen LogP contribution >= 0.6 is 23.2 Å². The Labute approximate surface area is 130 Å². The summed E-state index contributed by atoms with van der Waals surface area (Å²) in [4.78, 5) is 12.0. The molecule has 2 aromatic carbocycles. The fourth-order valence-corrected chi connectivity index (χ4v) is 2.25. The van der Waals surface area contributed by atoms with Gasteiger partial charge in [0.05, 0.1) is 0 Å². The van der Waals surface area contributed by atoms with Crippen LogP contribution in [0.4, 0.5) is 10.1 Å². The maximum Gasteiger partial charge on any atom is 0.488 e. The second-order valence-electron chi connectivity index (χ2n) is 4.26. The van der Waals surface area contributed by atoms with Crippen molar-refractivity contribution in [2.75, 3.05) is 5.32 Å². The summed E-state index contributed by atoms with van der Waals surface area (Å²) in [6.07, 6.45) is 0. The van der Waals surface area contributed by atoms with Gasteiger partial charge in [-0.2, -0.15) is 0 Å². The molecule has 0 radical (unpaired) electrons. The molecule has 0 aromatic heterocycles. The number of hydrogen-bond donors (Lipinski definition) is 3. The van der Waals surface area contributed by atoms with E-state index in [9.17, 15) is 9.18 Å². The van der Waals surface area contributed by atoms with Crippen molar-refractivity contribution in [3.8, 4) is 0 Å². The third-order valence-corrected chi connectivity index (χ3v) is 3.04. The summed E-state index contributed by atoms with van der Waals surface area (Å²) in [6, 6.07) is 7.54. The van der Waals surface area contributed by atoms with E-state index < -0.39 is 18.8 Å². The van der Waals surface area contributed by atoms with Gasteiger partial charge < -0.3 is 15.4 Å². The zero-order valence-electron chi connectivity index (χ0n) is 10.5. The molecule has 2 rings (SSSR count). The Morgan fingerprint density at radius 1 is 1.05 bits per heavy atom. The van der Waals surface area contributed by atoms with Gasteiger partial charge in [-0.3, -0.25) is 4.79 Å². The number of halogens is 3. The fourth-order valence-electron chi connectivity index (χ4n) is 1.72. The molecular weight excluding hydrogens is 319 g/mol. The van der Waals surface area contributed by atoms with Crippen LogP contribution in [-0.2, 0) is 0 Å². The van der Waals surface area contributed by atoms with Crippen LogP contribution in [0.2, 0.25) is 10.0 Å². The normalized spacial score (nSPS) is 10.3. The highest BCUT2D eigenvalue weighted by molar-refractivity contribution is 6.58. The van der Waals surface area contributed by atoms with Crippen molar-refractivity contribution in [1.29, 1.82) is 0 Å². The summed E-state index contributed by atoms with van der Waals surface area (Å²) in [5.74, 6) is -1.38. The van der Waals surface area contributed by atoms with Gasteiger partial charge >= 0.3 is 7.12 Å². The molecule has 1 amide bonds. The molecular formula is C13H9BCl2FNO3. The molecule has 21 heavy (non-hydrogen) atoms. The van der Waals surface area contributed by atoms with Crippen molar-refractivity contribution in [3.05, 3.63) is 57.8 Å². The van der Waals surface area contributed by atoms with E-state index in [4.69, 9.17) is 33.2 Å². The third-order valence-electron chi connectivity index (χ3n) is 2.60. The molecule has 108 valence electrons. The van der Waals surface area contributed by atoms with Crippen LogP contribution in [-0.4, -0.2) is 23.1 Å². The molecule has 0 unspecified atom stereocenters. The highest BCUT2D eigenvalue weighted by atomic mass is 35.5. The number of amides is 1. The second kappa shape index (κ2) is 6.45. The van der Waals surface area contributed by atoms with Gasteiger partial charge in [0.2, 0.25) is 0 Å². The highest BCUT2D eigenvalue weighted by Gasteiger charge is 2.16. The van der Waals surface area contributed by atoms with Crippen molar-refractivity contribution in [2.45, 2.75) is 0 Å². The maximum absolute atomic E-state index is 13.4. The SMILES string of the molecule is O=C(Nc1cc(Cl)cc(Cl)c1)c1cc(F)cc(B(O)O)c1. The predicted octanol–water partition coefficient (Wildman–Crippen LogP) is 2.06. The Bertz CT molecular complexity index is 677. The monoisotopic (exact) mass is 327 g/mol. The maximum atomic E-state index is 13.4. The van der Waals surface area contributed by atoms with Crippen molar-refractivity contribution in [1.82, 2.24) is 0 Å². The van der Waals surface area contributed by atoms with Crippen LogP contribution in [0.3, 0.4) is 0 Å². The van der Waals surface area contributed by atoms with Crippen LogP contribution in [0, 0.1) is 5.82 Å². The predicted molar refractivity (Wildman–Crippen MR) is 80.6 cm³/mol. The summed E-state index contributed by atoms with van der Waals surface area (Å²) < 4.78 is 13.4. The molecule has 4 nitrogen and oxygen atoms in total. The summed E-state index contributed by atoms with van der Waals surface area (Å²) in [6.45, 7) is 0. The molecule has 0 aliphatic carbocycles. The molecule has 0 bridgehead atoms. The first-order valence-corrected chi connectivity index (χ1v) is 6.55. The molecule has 0 heterocycles. The first-order chi connectivity index (χ1) is 9.85. The molecule has 0 atom stereocenters. The molecule has 0 saturated heterocycles. The van der Waals surface area contributed by atoms with Crippen LogP contribution in [0.25, 0.3) is 0 Å². The molecule has 0 spiro atoms. The minimum atomic E-state index is -1.87. The molecule has 2 aromatic rings. The minimum Gasteiger partial charge on any atom is -0.423 e. The lowest BCUT2D eigenvalue weighted by Gasteiger charge is -2.08. The molecule has 8 heteroatoms. The summed E-state index contributed by atoms with van der Waals surface area (Å²) >= 11 is 11.6. The lowest BCUT2D eigenvalue weighted by atomic mass is 9.79. The van der Waals surface area contributed by atoms with Gasteiger partial charge in [0.15, 0.2) is 0 Å². The quantitative estimate of drug-likeness (QED) is 0.756. The zero-order valence-corrected chi connectivity index (χ0v) is 12.0. The Morgan fingerprint density at radius 2 is 1.67 bits per heavy atom. The smallest absolute Gasteiger partial charge is 0.423 e. The number of benzene rings is 2. The second-order valence-corrected chi connectivity index (χ2v) is 5.13. The Hall–Kier alpha value is -1.60. The van der Waals surface area contributed by atoms with Gasteiger partial charge in [-0.15, -0.1) is 0 Å². The largest absolute Gasteiger partial charge is 0.488 e. The number of anilines is 1. The van der Waals surface area contributed by atoms with Crippen molar-refractivity contribution >= 4 is 47.4 Å². The van der Waals surface area contributed by atoms with E-state index in [-0.39, 0.29) is 11.0 Å². The lowest BCUT2D eigenvalue weighted by Crippen LogP contribution is -2.31. The van der Waals surface area contributed by atoms with Crippen LogP contribution < -0.4 is 10.8 Å². The van der Waals surface area contributed by atoms with Gasteiger partial charge in [0, 0.05) is 21.3 Å². The van der Waals surface area contributed by atoms with E-state index in [1.807, 2.05) is 0 Å². The van der Waals surface area contributed by atoms with E-state index in [0.29, 0.717) is 15.7 Å². The number of hydrogen-bond acceptors (Lipinski definition) is 3. The van der Waals surface area contributed by atoms with Crippen LogP contribution in [0.1, 0.15) is 10.4 Å². The average molecular weight is 328 g/mol. The molecule has 3 N–H and O–H groups in total. The minimum absolute atomic E-state index is 0.0609. The molecule has 0 fully saturated rings. The van der Waals surface area contributed by atoms with Gasteiger partial charge in [0.25, 0.3) is 5.91 Å². The molecule has 0 aliphatic heterocycles. The molecule has 0 aliphatic rings. The topological polar surface area (TPSA) is 69.6 Å². The Kier molecular flexibility index (Phi) is 4.85. The van der Waals surface area contributed by atoms with Gasteiger partial charge in [-0.1, -0.05) is 23.2 Å². The van der Waals surface area contributed by atoms with E-state index >= 15 is 0 Å². The molecule has 0 saturated carbocycles. The van der Waals surface area contributed by atoms with E-state index in [2.05, 4.69) is 5.32 Å². The summed E-state index contributed by atoms with van der Waals surface area (Å²) in [5.41, 5.74) is 0.159. The van der Waals surface area contributed by atoms with E-state index in [0.717, 1.165) is 12.1 Å². The summed E-state index contributed by atoms with van der Waals surface area (Å²) in [7, 11) is -1.87. The highest BCUT2D eigenvalue weighted by Crippen LogP contribution is 2.22. The number of carbonyl (C=O) groups is 1. The van der Waals surface area contributed by atoms with Crippen LogP contribution in [0.5, 0.6) is 0 Å².